The van der Waals surface area contributed by atoms with Crippen LogP contribution in [0.15, 0.2) is 24.3 Å². The molecule has 1 aromatic carbocycles. The summed E-state index contributed by atoms with van der Waals surface area (Å²) >= 11 is 0. The summed E-state index contributed by atoms with van der Waals surface area (Å²) in [5.74, 6) is -13.9. The van der Waals surface area contributed by atoms with Crippen molar-refractivity contribution in [2.75, 3.05) is 32.8 Å². The number of hydrogen-bond donors (Lipinski definition) is 2. The fraction of sp³-hybridized carbons (Fsp3) is 0.613. The molecule has 0 saturated carbocycles. The lowest BCUT2D eigenvalue weighted by atomic mass is 9.95. The Kier molecular flexibility index (Phi) is 12.3. The average Bonchev–Trinajstić information content (AvgIpc) is 3.44. The number of benzene rings is 1. The molecule has 0 bridgehead atoms. The summed E-state index contributed by atoms with van der Waals surface area (Å²) in [6.07, 6.45) is -7.63. The first-order valence-corrected chi connectivity index (χ1v) is 15.3. The standard InChI is InChI=1S/C31H39F5N4O8/c1-16(2)23(25(42)30(32,33)31(34,35)36)37-27(44)22-14-21(48-18(5)41)15-40(22)29(46)24(17(3)4)38-26(43)19-6-8-20(9-7-19)28(45)39-10-12-47-13-11-39/h6-9,16-17,21-24H,10-15H2,1-5H3,(H,37,44)(H,38,43)/t21-,22-,23?,24+/m1/s1. The summed E-state index contributed by atoms with van der Waals surface area (Å²) in [5, 5.41) is 4.53. The molecule has 0 aliphatic carbocycles. The smallest absolute Gasteiger partial charge is 0.461 e. The molecule has 12 nitrogen and oxygen atoms in total. The van der Waals surface area contributed by atoms with E-state index in [1.54, 1.807) is 18.7 Å². The van der Waals surface area contributed by atoms with Crippen LogP contribution >= 0.6 is 0 Å². The van der Waals surface area contributed by atoms with Gasteiger partial charge in [-0.25, -0.2) is 0 Å². The first kappa shape index (κ1) is 38.3. The zero-order valence-corrected chi connectivity index (χ0v) is 27.1. The molecule has 0 spiro atoms. The van der Waals surface area contributed by atoms with E-state index in [1.165, 1.54) is 24.3 Å². The maximum atomic E-state index is 14.0. The lowest BCUT2D eigenvalue weighted by Crippen LogP contribution is -2.60. The third kappa shape index (κ3) is 8.85. The topological polar surface area (TPSA) is 151 Å². The number of carbonyl (C=O) groups is 6. The van der Waals surface area contributed by atoms with Crippen molar-refractivity contribution in [1.29, 1.82) is 0 Å². The van der Waals surface area contributed by atoms with Crippen LogP contribution in [-0.4, -0.2) is 114 Å². The van der Waals surface area contributed by atoms with Crippen LogP contribution in [0.4, 0.5) is 22.0 Å². The number of hydrogen-bond acceptors (Lipinski definition) is 8. The molecule has 4 atom stereocenters. The van der Waals surface area contributed by atoms with Gasteiger partial charge in [0.05, 0.1) is 25.8 Å². The van der Waals surface area contributed by atoms with Crippen LogP contribution in [0.25, 0.3) is 0 Å². The zero-order chi connectivity index (χ0) is 36.1. The van der Waals surface area contributed by atoms with E-state index in [4.69, 9.17) is 9.47 Å². The minimum atomic E-state index is -6.21. The summed E-state index contributed by atoms with van der Waals surface area (Å²) < 4.78 is 77.2. The van der Waals surface area contributed by atoms with Crippen LogP contribution in [0.2, 0.25) is 0 Å². The minimum absolute atomic E-state index is 0.101. The fourth-order valence-electron chi connectivity index (χ4n) is 5.36. The zero-order valence-electron chi connectivity index (χ0n) is 27.1. The van der Waals surface area contributed by atoms with E-state index in [0.717, 1.165) is 25.7 Å². The molecule has 3 rings (SSSR count). The van der Waals surface area contributed by atoms with Crippen molar-refractivity contribution in [2.45, 2.75) is 77.4 Å². The quantitative estimate of drug-likeness (QED) is 0.266. The van der Waals surface area contributed by atoms with Crippen LogP contribution in [0.5, 0.6) is 0 Å². The molecule has 1 unspecified atom stereocenters. The maximum Gasteiger partial charge on any atom is 0.461 e. The van der Waals surface area contributed by atoms with Crippen LogP contribution in [0.3, 0.4) is 0 Å². The SMILES string of the molecule is CC(=O)O[C@@H]1C[C@H](C(=O)NC(C(=O)C(F)(F)C(F)(F)F)C(C)C)N(C(=O)[C@@H](NC(=O)c2ccc(C(=O)N3CCOCC3)cc2)C(C)C)C1. The second-order valence-corrected chi connectivity index (χ2v) is 12.3. The van der Waals surface area contributed by atoms with Crippen molar-refractivity contribution >= 4 is 35.4 Å². The van der Waals surface area contributed by atoms with Crippen molar-refractivity contribution in [1.82, 2.24) is 20.4 Å². The number of Topliss-reactive ketones (excluding diaryl/α,β-unsaturated/α-hetero) is 1. The number of esters is 1. The predicted molar refractivity (Wildman–Crippen MR) is 158 cm³/mol. The maximum absolute atomic E-state index is 14.0. The third-order valence-corrected chi connectivity index (χ3v) is 8.01. The van der Waals surface area contributed by atoms with Gasteiger partial charge in [0.15, 0.2) is 0 Å². The van der Waals surface area contributed by atoms with Crippen LogP contribution in [-0.2, 0) is 28.7 Å². The number of likely N-dealkylation sites (tertiary alicyclic amines) is 1. The highest BCUT2D eigenvalue weighted by Crippen LogP contribution is 2.38. The molecule has 17 heteroatoms. The molecule has 2 aliphatic rings. The Morgan fingerprint density at radius 1 is 0.854 bits per heavy atom. The van der Waals surface area contributed by atoms with E-state index < -0.39 is 77.6 Å². The number of nitrogens with zero attached hydrogens (tertiary/aromatic N) is 2. The Labute approximate surface area is 273 Å². The summed E-state index contributed by atoms with van der Waals surface area (Å²) in [5.41, 5.74) is 0.433. The number of morpholine rings is 1. The second kappa shape index (κ2) is 15.4. The number of rotatable bonds is 11. The first-order chi connectivity index (χ1) is 22.3. The highest BCUT2D eigenvalue weighted by atomic mass is 19.4. The molecule has 2 fully saturated rings. The van der Waals surface area contributed by atoms with Gasteiger partial charge in [-0.3, -0.25) is 28.8 Å². The van der Waals surface area contributed by atoms with Gasteiger partial charge in [-0.1, -0.05) is 27.7 Å². The highest BCUT2D eigenvalue weighted by molar-refractivity contribution is 6.01. The van der Waals surface area contributed by atoms with Gasteiger partial charge in [-0.15, -0.1) is 0 Å². The Morgan fingerprint density at radius 3 is 1.90 bits per heavy atom. The van der Waals surface area contributed by atoms with E-state index in [2.05, 4.69) is 5.32 Å². The number of ketones is 1. The normalized spacial score (nSPS) is 19.9. The lowest BCUT2D eigenvalue weighted by Gasteiger charge is -2.32. The molecule has 266 valence electrons. The molecule has 0 aromatic heterocycles. The molecule has 2 saturated heterocycles. The molecular formula is C31H39F5N4O8. The molecule has 2 heterocycles. The van der Waals surface area contributed by atoms with E-state index in [-0.39, 0.29) is 24.4 Å². The van der Waals surface area contributed by atoms with Gasteiger partial charge >= 0.3 is 18.1 Å². The number of halogens is 5. The van der Waals surface area contributed by atoms with Gasteiger partial charge in [-0.2, -0.15) is 22.0 Å². The molecular weight excluding hydrogens is 651 g/mol. The molecule has 2 aliphatic heterocycles. The van der Waals surface area contributed by atoms with Crippen LogP contribution in [0.1, 0.15) is 61.8 Å². The molecule has 48 heavy (non-hydrogen) atoms. The number of nitrogens with one attached hydrogen (secondary N) is 2. The summed E-state index contributed by atoms with van der Waals surface area (Å²) in [4.78, 5) is 79.7. The van der Waals surface area contributed by atoms with Gasteiger partial charge in [0.2, 0.25) is 17.6 Å². The largest absolute Gasteiger partial charge is 0.461 e. The van der Waals surface area contributed by atoms with E-state index >= 15 is 0 Å². The second-order valence-electron chi connectivity index (χ2n) is 12.3. The Hall–Kier alpha value is -4.15. The van der Waals surface area contributed by atoms with Gasteiger partial charge in [0.25, 0.3) is 11.8 Å². The van der Waals surface area contributed by atoms with Crippen molar-refractivity contribution in [3.63, 3.8) is 0 Å². The van der Waals surface area contributed by atoms with Crippen molar-refractivity contribution in [3.05, 3.63) is 35.4 Å². The Balaban J connectivity index is 1.82. The summed E-state index contributed by atoms with van der Waals surface area (Å²) in [7, 11) is 0. The van der Waals surface area contributed by atoms with Gasteiger partial charge in [-0.05, 0) is 36.1 Å². The lowest BCUT2D eigenvalue weighted by molar-refractivity contribution is -0.270. The first-order valence-electron chi connectivity index (χ1n) is 15.3. The highest BCUT2D eigenvalue weighted by Gasteiger charge is 2.65. The third-order valence-electron chi connectivity index (χ3n) is 8.01. The Morgan fingerprint density at radius 2 is 1.40 bits per heavy atom. The average molecular weight is 691 g/mol. The van der Waals surface area contributed by atoms with Crippen molar-refractivity contribution < 1.29 is 60.2 Å². The number of ether oxygens (including phenoxy) is 2. The number of alkyl halides is 5. The fourth-order valence-corrected chi connectivity index (χ4v) is 5.36. The van der Waals surface area contributed by atoms with Crippen LogP contribution in [0, 0.1) is 11.8 Å². The van der Waals surface area contributed by atoms with E-state index in [9.17, 15) is 50.7 Å². The summed E-state index contributed by atoms with van der Waals surface area (Å²) in [6, 6.07) is 0.587. The van der Waals surface area contributed by atoms with Gasteiger partial charge in [0, 0.05) is 37.6 Å². The van der Waals surface area contributed by atoms with E-state index in [1.807, 2.05) is 5.32 Å². The molecule has 2 N–H and O–H groups in total. The minimum Gasteiger partial charge on any atom is -0.461 e. The molecule has 4 amide bonds. The number of amides is 4. The summed E-state index contributed by atoms with van der Waals surface area (Å²) in [6.45, 7) is 7.85. The van der Waals surface area contributed by atoms with E-state index in [0.29, 0.717) is 31.9 Å². The van der Waals surface area contributed by atoms with Gasteiger partial charge in [0.1, 0.15) is 18.2 Å². The molecule has 0 radical (unpaired) electrons. The monoisotopic (exact) mass is 690 g/mol. The van der Waals surface area contributed by atoms with Crippen molar-refractivity contribution in [2.24, 2.45) is 11.8 Å². The Bertz CT molecular complexity index is 1380. The predicted octanol–water partition coefficient (Wildman–Crippen LogP) is 2.35. The molecule has 1 aromatic rings. The van der Waals surface area contributed by atoms with Crippen LogP contribution < -0.4 is 10.6 Å². The number of carbonyl (C=O) groups excluding carboxylic acids is 6. The van der Waals surface area contributed by atoms with Crippen molar-refractivity contribution in [3.8, 4) is 0 Å². The van der Waals surface area contributed by atoms with Gasteiger partial charge < -0.3 is 29.9 Å².